The summed E-state index contributed by atoms with van der Waals surface area (Å²) >= 11 is 7.36. The highest BCUT2D eigenvalue weighted by molar-refractivity contribution is 7.10. The highest BCUT2D eigenvalue weighted by Crippen LogP contribution is 2.26. The van der Waals surface area contributed by atoms with Crippen molar-refractivity contribution < 1.29 is 14.3 Å². The second kappa shape index (κ2) is 8.70. The predicted molar refractivity (Wildman–Crippen MR) is 107 cm³/mol. The van der Waals surface area contributed by atoms with Gasteiger partial charge in [-0.3, -0.25) is 4.79 Å². The summed E-state index contributed by atoms with van der Waals surface area (Å²) in [5.74, 6) is -1.08. The molecule has 5 nitrogen and oxygen atoms in total. The SMILES string of the molecule is Nc1cc(Cl)ccc1C(=O)OCC(=O)N[C@@H](c1ccccc1)c1cccs1. The average molecular weight is 401 g/mol. The number of esters is 1. The van der Waals surface area contributed by atoms with E-state index >= 15 is 0 Å². The quantitative estimate of drug-likeness (QED) is 0.483. The van der Waals surface area contributed by atoms with Crippen molar-refractivity contribution in [1.82, 2.24) is 5.32 Å². The van der Waals surface area contributed by atoms with Gasteiger partial charge in [-0.2, -0.15) is 0 Å². The second-order valence-corrected chi connectivity index (χ2v) is 7.15. The van der Waals surface area contributed by atoms with Gasteiger partial charge in [0.2, 0.25) is 0 Å². The minimum atomic E-state index is -0.674. The van der Waals surface area contributed by atoms with Crippen LogP contribution in [0.15, 0.2) is 66.0 Å². The number of carbonyl (C=O) groups excluding carboxylic acids is 2. The standard InChI is InChI=1S/C20H17ClN2O3S/c21-14-8-9-15(16(22)11-14)20(25)26-12-18(24)23-19(17-7-4-10-27-17)13-5-2-1-3-6-13/h1-11,19H,12,22H2,(H,23,24)/t19-/m0/s1. The highest BCUT2D eigenvalue weighted by atomic mass is 35.5. The lowest BCUT2D eigenvalue weighted by Gasteiger charge is -2.18. The Morgan fingerprint density at radius 2 is 1.89 bits per heavy atom. The number of benzene rings is 2. The van der Waals surface area contributed by atoms with Crippen molar-refractivity contribution in [1.29, 1.82) is 0 Å². The zero-order valence-electron chi connectivity index (χ0n) is 14.2. The number of nitrogens with one attached hydrogen (secondary N) is 1. The Morgan fingerprint density at radius 1 is 1.11 bits per heavy atom. The molecule has 27 heavy (non-hydrogen) atoms. The molecular formula is C20H17ClN2O3S. The van der Waals surface area contributed by atoms with Crippen LogP contribution in [0.1, 0.15) is 26.8 Å². The van der Waals surface area contributed by atoms with Crippen molar-refractivity contribution in [2.45, 2.75) is 6.04 Å². The van der Waals surface area contributed by atoms with Gasteiger partial charge in [-0.1, -0.05) is 48.0 Å². The number of hydrogen-bond donors (Lipinski definition) is 2. The summed E-state index contributed by atoms with van der Waals surface area (Å²) in [5.41, 5.74) is 7.08. The molecule has 0 unspecified atom stereocenters. The maximum absolute atomic E-state index is 12.4. The zero-order chi connectivity index (χ0) is 19.2. The zero-order valence-corrected chi connectivity index (χ0v) is 15.8. The van der Waals surface area contributed by atoms with Crippen molar-refractivity contribution in [3.05, 3.63) is 87.1 Å². The minimum Gasteiger partial charge on any atom is -0.452 e. The predicted octanol–water partition coefficient (Wildman–Crippen LogP) is 4.05. The van der Waals surface area contributed by atoms with E-state index in [2.05, 4.69) is 5.32 Å². The summed E-state index contributed by atoms with van der Waals surface area (Å²) in [6.45, 7) is -0.407. The third-order valence-electron chi connectivity index (χ3n) is 3.83. The largest absolute Gasteiger partial charge is 0.452 e. The lowest BCUT2D eigenvalue weighted by molar-refractivity contribution is -0.124. The topological polar surface area (TPSA) is 81.4 Å². The number of thiophene rings is 1. The molecule has 0 aliphatic rings. The van der Waals surface area contributed by atoms with E-state index in [4.69, 9.17) is 22.1 Å². The summed E-state index contributed by atoms with van der Waals surface area (Å²) in [6.07, 6.45) is 0. The van der Waals surface area contributed by atoms with Gasteiger partial charge in [0.25, 0.3) is 5.91 Å². The molecule has 1 aromatic heterocycles. The summed E-state index contributed by atoms with van der Waals surface area (Å²) in [5, 5.41) is 5.27. The number of nitrogens with two attached hydrogens (primary N) is 1. The van der Waals surface area contributed by atoms with Gasteiger partial charge in [0.05, 0.1) is 11.6 Å². The first-order chi connectivity index (χ1) is 13.0. The van der Waals surface area contributed by atoms with Gasteiger partial charge in [-0.25, -0.2) is 4.79 Å². The maximum atomic E-state index is 12.4. The Morgan fingerprint density at radius 3 is 2.56 bits per heavy atom. The molecule has 0 saturated carbocycles. The van der Waals surface area contributed by atoms with Crippen LogP contribution in [0.2, 0.25) is 5.02 Å². The first-order valence-corrected chi connectivity index (χ1v) is 9.40. The molecule has 3 rings (SSSR count). The fraction of sp³-hybridized carbons (Fsp3) is 0.100. The van der Waals surface area contributed by atoms with Gasteiger partial charge in [0.15, 0.2) is 6.61 Å². The van der Waals surface area contributed by atoms with Gasteiger partial charge >= 0.3 is 5.97 Å². The third kappa shape index (κ3) is 4.87. The van der Waals surface area contributed by atoms with Gasteiger partial charge in [-0.05, 0) is 35.2 Å². The van der Waals surface area contributed by atoms with Crippen LogP contribution < -0.4 is 11.1 Å². The van der Waals surface area contributed by atoms with Crippen LogP contribution in [0.3, 0.4) is 0 Å². The van der Waals surface area contributed by atoms with Crippen LogP contribution in [0.25, 0.3) is 0 Å². The summed E-state index contributed by atoms with van der Waals surface area (Å²) in [4.78, 5) is 25.5. The molecule has 0 bridgehead atoms. The van der Waals surface area contributed by atoms with Crippen LogP contribution in [-0.4, -0.2) is 18.5 Å². The van der Waals surface area contributed by atoms with Crippen LogP contribution in [0.4, 0.5) is 5.69 Å². The molecule has 1 amide bonds. The highest BCUT2D eigenvalue weighted by Gasteiger charge is 2.19. The number of anilines is 1. The number of halogens is 1. The molecule has 0 aliphatic carbocycles. The molecule has 3 aromatic rings. The van der Waals surface area contributed by atoms with Gasteiger partial charge in [-0.15, -0.1) is 11.3 Å². The van der Waals surface area contributed by atoms with E-state index in [1.165, 1.54) is 18.2 Å². The number of nitrogen functional groups attached to an aromatic ring is 1. The lowest BCUT2D eigenvalue weighted by atomic mass is 10.1. The molecule has 138 valence electrons. The van der Waals surface area contributed by atoms with Crippen LogP contribution in [0, 0.1) is 0 Å². The number of ether oxygens (including phenoxy) is 1. The third-order valence-corrected chi connectivity index (χ3v) is 5.01. The molecule has 7 heteroatoms. The van der Waals surface area contributed by atoms with Gasteiger partial charge in [0.1, 0.15) is 0 Å². The van der Waals surface area contributed by atoms with E-state index in [9.17, 15) is 9.59 Å². The maximum Gasteiger partial charge on any atom is 0.340 e. The molecule has 0 radical (unpaired) electrons. The first-order valence-electron chi connectivity index (χ1n) is 8.14. The van der Waals surface area contributed by atoms with E-state index in [1.54, 1.807) is 11.3 Å². The minimum absolute atomic E-state index is 0.171. The van der Waals surface area contributed by atoms with Crippen molar-refractivity contribution >= 4 is 40.5 Å². The van der Waals surface area contributed by atoms with E-state index in [0.717, 1.165) is 10.4 Å². The normalized spacial score (nSPS) is 11.6. The molecule has 2 aromatic carbocycles. The molecule has 0 fully saturated rings. The first kappa shape index (κ1) is 18.9. The van der Waals surface area contributed by atoms with E-state index in [-0.39, 0.29) is 17.3 Å². The second-order valence-electron chi connectivity index (χ2n) is 5.73. The van der Waals surface area contributed by atoms with E-state index in [1.807, 2.05) is 47.8 Å². The molecule has 0 spiro atoms. The van der Waals surface area contributed by atoms with Gasteiger partial charge in [0, 0.05) is 15.6 Å². The molecule has 0 saturated heterocycles. The monoisotopic (exact) mass is 400 g/mol. The van der Waals surface area contributed by atoms with Crippen LogP contribution in [0.5, 0.6) is 0 Å². The molecule has 3 N–H and O–H groups in total. The Kier molecular flexibility index (Phi) is 6.11. The fourth-order valence-electron chi connectivity index (χ4n) is 2.55. The Balaban J connectivity index is 1.65. The number of carbonyl (C=O) groups is 2. The van der Waals surface area contributed by atoms with Crippen molar-refractivity contribution in [2.75, 3.05) is 12.3 Å². The number of amides is 1. The van der Waals surface area contributed by atoms with Crippen molar-refractivity contribution in [3.63, 3.8) is 0 Å². The summed E-state index contributed by atoms with van der Waals surface area (Å²) in [7, 11) is 0. The molecule has 0 aliphatic heterocycles. The summed E-state index contributed by atoms with van der Waals surface area (Å²) in [6, 6.07) is 17.6. The molecule has 1 heterocycles. The Labute approximate surface area is 165 Å². The molecular weight excluding hydrogens is 384 g/mol. The van der Waals surface area contributed by atoms with Crippen LogP contribution >= 0.6 is 22.9 Å². The van der Waals surface area contributed by atoms with E-state index in [0.29, 0.717) is 5.02 Å². The smallest absolute Gasteiger partial charge is 0.340 e. The van der Waals surface area contributed by atoms with E-state index < -0.39 is 18.5 Å². The fourth-order valence-corrected chi connectivity index (χ4v) is 3.53. The molecule has 1 atom stereocenters. The Bertz CT molecular complexity index is 930. The average Bonchev–Trinajstić information content (AvgIpc) is 3.19. The van der Waals surface area contributed by atoms with Crippen molar-refractivity contribution in [3.8, 4) is 0 Å². The van der Waals surface area contributed by atoms with Crippen LogP contribution in [-0.2, 0) is 9.53 Å². The number of hydrogen-bond acceptors (Lipinski definition) is 5. The van der Waals surface area contributed by atoms with Crippen molar-refractivity contribution in [2.24, 2.45) is 0 Å². The lowest BCUT2D eigenvalue weighted by Crippen LogP contribution is -2.32. The van der Waals surface area contributed by atoms with Gasteiger partial charge < -0.3 is 15.8 Å². The Hall–Kier alpha value is -2.83. The summed E-state index contributed by atoms with van der Waals surface area (Å²) < 4.78 is 5.09. The number of rotatable bonds is 6.